The van der Waals surface area contributed by atoms with E-state index in [1.54, 1.807) is 12.1 Å². The zero-order valence-corrected chi connectivity index (χ0v) is 20.3. The van der Waals surface area contributed by atoms with Gasteiger partial charge in [-0.2, -0.15) is 0 Å². The fourth-order valence-corrected chi connectivity index (χ4v) is 5.82. The summed E-state index contributed by atoms with van der Waals surface area (Å²) in [7, 11) is -3.74. The molecule has 1 aliphatic rings. The molecule has 1 amide bonds. The molecular formula is C24H32ClN3O3S. The van der Waals surface area contributed by atoms with Gasteiger partial charge in [0.1, 0.15) is 4.90 Å². The molecule has 2 N–H and O–H groups in total. The van der Waals surface area contributed by atoms with Gasteiger partial charge in [0.15, 0.2) is 0 Å². The van der Waals surface area contributed by atoms with Crippen molar-refractivity contribution in [1.29, 1.82) is 0 Å². The van der Waals surface area contributed by atoms with Crippen molar-refractivity contribution in [1.82, 2.24) is 14.9 Å². The Kier molecular flexibility index (Phi) is 8.71. The van der Waals surface area contributed by atoms with Gasteiger partial charge in [0.25, 0.3) is 0 Å². The van der Waals surface area contributed by atoms with Crippen molar-refractivity contribution >= 4 is 27.5 Å². The van der Waals surface area contributed by atoms with Gasteiger partial charge in [-0.1, -0.05) is 61.8 Å². The Morgan fingerprint density at radius 3 is 2.31 bits per heavy atom. The first-order valence-corrected chi connectivity index (χ1v) is 12.9. The van der Waals surface area contributed by atoms with Crippen LogP contribution < -0.4 is 10.0 Å². The maximum Gasteiger partial charge on any atom is 0.242 e. The Balaban J connectivity index is 1.41. The molecule has 0 saturated carbocycles. The molecule has 0 radical (unpaired) electrons. The molecule has 8 heteroatoms. The minimum absolute atomic E-state index is 0.00497. The summed E-state index contributed by atoms with van der Waals surface area (Å²) in [5, 5.41) is 2.99. The highest BCUT2D eigenvalue weighted by atomic mass is 35.5. The molecule has 0 spiro atoms. The molecule has 1 heterocycles. The second-order valence-electron chi connectivity index (χ2n) is 8.81. The molecule has 32 heavy (non-hydrogen) atoms. The lowest BCUT2D eigenvalue weighted by atomic mass is 9.91. The van der Waals surface area contributed by atoms with Crippen LogP contribution in [0.1, 0.15) is 37.8 Å². The molecule has 0 bridgehead atoms. The van der Waals surface area contributed by atoms with E-state index in [9.17, 15) is 13.2 Å². The number of carbonyl (C=O) groups excluding carboxylic acids is 1. The van der Waals surface area contributed by atoms with Crippen LogP contribution in [0.5, 0.6) is 0 Å². The minimum atomic E-state index is -3.74. The van der Waals surface area contributed by atoms with E-state index in [-0.39, 0.29) is 28.8 Å². The topological polar surface area (TPSA) is 78.5 Å². The highest BCUT2D eigenvalue weighted by Crippen LogP contribution is 2.22. The molecular weight excluding hydrogens is 446 g/mol. The lowest BCUT2D eigenvalue weighted by molar-refractivity contribution is -0.121. The summed E-state index contributed by atoms with van der Waals surface area (Å²) in [6.45, 7) is 8.28. The first-order valence-electron chi connectivity index (χ1n) is 11.0. The zero-order valence-electron chi connectivity index (χ0n) is 18.7. The number of hydrogen-bond acceptors (Lipinski definition) is 4. The molecule has 1 fully saturated rings. The maximum absolute atomic E-state index is 12.3. The number of piperidine rings is 1. The number of rotatable bonds is 9. The molecule has 2 aromatic rings. The van der Waals surface area contributed by atoms with E-state index in [2.05, 4.69) is 40.9 Å². The first kappa shape index (κ1) is 24.7. The summed E-state index contributed by atoms with van der Waals surface area (Å²) < 4.78 is 27.0. The molecule has 3 rings (SSSR count). The molecule has 2 aromatic carbocycles. The first-order chi connectivity index (χ1) is 15.2. The Morgan fingerprint density at radius 2 is 1.66 bits per heavy atom. The van der Waals surface area contributed by atoms with Crippen molar-refractivity contribution in [2.24, 2.45) is 11.8 Å². The Hall–Kier alpha value is -1.93. The number of carbonyl (C=O) groups is 1. The number of nitrogens with one attached hydrogen (secondary N) is 2. The standard InChI is InChI=1S/C24H32ClN3O3S/c1-18-13-19(2)16-28(15-18)17-21-9-7-20(8-10-21)14-26-24(29)11-12-27-32(30,31)23-6-4-3-5-22(23)25/h3-10,18-19,27H,11-17H2,1-2H3,(H,26,29). The minimum Gasteiger partial charge on any atom is -0.352 e. The van der Waals surface area contributed by atoms with Crippen LogP contribution in [-0.4, -0.2) is 38.9 Å². The van der Waals surface area contributed by atoms with Crippen LogP contribution in [0.2, 0.25) is 5.02 Å². The maximum atomic E-state index is 12.3. The highest BCUT2D eigenvalue weighted by molar-refractivity contribution is 7.89. The fraction of sp³-hybridized carbons (Fsp3) is 0.458. The van der Waals surface area contributed by atoms with E-state index in [1.807, 2.05) is 12.1 Å². The normalized spacial score (nSPS) is 19.6. The van der Waals surface area contributed by atoms with Crippen molar-refractivity contribution in [3.63, 3.8) is 0 Å². The predicted octanol–water partition coefficient (Wildman–Crippen LogP) is 3.80. The number of amides is 1. The van der Waals surface area contributed by atoms with Crippen LogP contribution in [0, 0.1) is 11.8 Å². The van der Waals surface area contributed by atoms with Crippen molar-refractivity contribution < 1.29 is 13.2 Å². The van der Waals surface area contributed by atoms with Gasteiger partial charge in [-0.15, -0.1) is 0 Å². The molecule has 6 nitrogen and oxygen atoms in total. The second kappa shape index (κ2) is 11.3. The van der Waals surface area contributed by atoms with E-state index >= 15 is 0 Å². The van der Waals surface area contributed by atoms with Crippen molar-refractivity contribution in [3.8, 4) is 0 Å². The average Bonchev–Trinajstić information content (AvgIpc) is 2.72. The van der Waals surface area contributed by atoms with Gasteiger partial charge in [-0.3, -0.25) is 9.69 Å². The average molecular weight is 478 g/mol. The second-order valence-corrected chi connectivity index (χ2v) is 11.0. The van der Waals surface area contributed by atoms with Gasteiger partial charge in [-0.25, -0.2) is 13.1 Å². The lowest BCUT2D eigenvalue weighted by Crippen LogP contribution is -2.38. The quantitative estimate of drug-likeness (QED) is 0.575. The summed E-state index contributed by atoms with van der Waals surface area (Å²) in [4.78, 5) is 14.6. The summed E-state index contributed by atoms with van der Waals surface area (Å²) in [6.07, 6.45) is 1.35. The van der Waals surface area contributed by atoms with Gasteiger partial charge in [0.05, 0.1) is 5.02 Å². The van der Waals surface area contributed by atoms with Gasteiger partial charge in [0.2, 0.25) is 15.9 Å². The molecule has 0 aromatic heterocycles. The van der Waals surface area contributed by atoms with Crippen LogP contribution >= 0.6 is 11.6 Å². The van der Waals surface area contributed by atoms with Crippen LogP contribution in [0.4, 0.5) is 0 Å². The van der Waals surface area contributed by atoms with Crippen molar-refractivity contribution in [2.75, 3.05) is 19.6 Å². The molecule has 174 valence electrons. The molecule has 2 atom stereocenters. The highest BCUT2D eigenvalue weighted by Gasteiger charge is 2.21. The van der Waals surface area contributed by atoms with Crippen LogP contribution in [0.3, 0.4) is 0 Å². The third kappa shape index (κ3) is 7.30. The number of nitrogens with zero attached hydrogens (tertiary/aromatic N) is 1. The fourth-order valence-electron chi connectivity index (χ4n) is 4.27. The summed E-state index contributed by atoms with van der Waals surface area (Å²) in [6, 6.07) is 14.5. The van der Waals surface area contributed by atoms with Crippen LogP contribution in [0.25, 0.3) is 0 Å². The van der Waals surface area contributed by atoms with Crippen molar-refractivity contribution in [3.05, 3.63) is 64.7 Å². The number of likely N-dealkylation sites (tertiary alicyclic amines) is 1. The van der Waals surface area contributed by atoms with Gasteiger partial charge in [-0.05, 0) is 41.5 Å². The van der Waals surface area contributed by atoms with Crippen LogP contribution in [-0.2, 0) is 27.9 Å². The number of benzene rings is 2. The zero-order chi connectivity index (χ0) is 23.1. The molecule has 2 unspecified atom stereocenters. The molecule has 1 saturated heterocycles. The third-order valence-electron chi connectivity index (χ3n) is 5.63. The Morgan fingerprint density at radius 1 is 1.03 bits per heavy atom. The largest absolute Gasteiger partial charge is 0.352 e. The SMILES string of the molecule is CC1CC(C)CN(Cc2ccc(CNC(=O)CCNS(=O)(=O)c3ccccc3Cl)cc2)C1. The molecule has 1 aliphatic heterocycles. The Bertz CT molecular complexity index is 1000. The van der Waals surface area contributed by atoms with E-state index in [4.69, 9.17) is 11.6 Å². The smallest absolute Gasteiger partial charge is 0.242 e. The Labute approximate surface area is 196 Å². The number of sulfonamides is 1. The van der Waals surface area contributed by atoms with E-state index < -0.39 is 10.0 Å². The summed E-state index contributed by atoms with van der Waals surface area (Å²) in [5.74, 6) is 1.26. The van der Waals surface area contributed by atoms with E-state index in [0.717, 1.165) is 37.0 Å². The van der Waals surface area contributed by atoms with Gasteiger partial charge in [0, 0.05) is 39.1 Å². The molecule has 0 aliphatic carbocycles. The summed E-state index contributed by atoms with van der Waals surface area (Å²) in [5.41, 5.74) is 2.29. The lowest BCUT2D eigenvalue weighted by Gasteiger charge is -2.35. The van der Waals surface area contributed by atoms with Crippen molar-refractivity contribution in [2.45, 2.75) is 44.7 Å². The van der Waals surface area contributed by atoms with Gasteiger partial charge >= 0.3 is 0 Å². The monoisotopic (exact) mass is 477 g/mol. The number of hydrogen-bond donors (Lipinski definition) is 2. The van der Waals surface area contributed by atoms with E-state index in [0.29, 0.717) is 6.54 Å². The predicted molar refractivity (Wildman–Crippen MR) is 128 cm³/mol. The van der Waals surface area contributed by atoms with Crippen LogP contribution in [0.15, 0.2) is 53.4 Å². The number of halogens is 1. The third-order valence-corrected chi connectivity index (χ3v) is 7.59. The van der Waals surface area contributed by atoms with E-state index in [1.165, 1.54) is 24.1 Å². The summed E-state index contributed by atoms with van der Waals surface area (Å²) >= 11 is 5.95. The van der Waals surface area contributed by atoms with Gasteiger partial charge < -0.3 is 5.32 Å².